The highest BCUT2D eigenvalue weighted by Gasteiger charge is 2.19. The monoisotopic (exact) mass is 402 g/mol. The van der Waals surface area contributed by atoms with Gasteiger partial charge < -0.3 is 15.0 Å². The highest BCUT2D eigenvalue weighted by molar-refractivity contribution is 6.34. The van der Waals surface area contributed by atoms with Gasteiger partial charge in [-0.1, -0.05) is 18.5 Å². The van der Waals surface area contributed by atoms with Crippen molar-refractivity contribution in [1.29, 1.82) is 0 Å². The fourth-order valence-electron chi connectivity index (χ4n) is 3.61. The summed E-state index contributed by atoms with van der Waals surface area (Å²) in [5, 5.41) is 3.86. The molecule has 1 saturated heterocycles. The number of benzene rings is 1. The molecule has 1 aliphatic rings. The third-order valence-electron chi connectivity index (χ3n) is 4.84. The molecule has 0 radical (unpaired) electrons. The van der Waals surface area contributed by atoms with E-state index in [-0.39, 0.29) is 24.4 Å². The molecule has 0 bridgehead atoms. The van der Waals surface area contributed by atoms with Gasteiger partial charge in [0.2, 0.25) is 0 Å². The minimum atomic E-state index is -0.0970. The van der Waals surface area contributed by atoms with Crippen molar-refractivity contribution < 1.29 is 9.53 Å². The molecular weight excluding hydrogens is 371 g/mol. The standard InChI is InChI=1S/C20H31ClN2O2.ClH/c1-14(12-16-7-9-22-10-8-16)11-15(2)25-17-5-6-18(19(21)13-17)20(24)23(3)4;/h5-6,13-16,22H,7-12H2,1-4H3;1H. The van der Waals surface area contributed by atoms with Crippen molar-refractivity contribution in [1.82, 2.24) is 10.2 Å². The van der Waals surface area contributed by atoms with Crippen molar-refractivity contribution in [2.75, 3.05) is 27.2 Å². The highest BCUT2D eigenvalue weighted by Crippen LogP contribution is 2.27. The first-order valence-corrected chi connectivity index (χ1v) is 9.63. The van der Waals surface area contributed by atoms with E-state index in [4.69, 9.17) is 16.3 Å². The first-order valence-electron chi connectivity index (χ1n) is 9.25. The van der Waals surface area contributed by atoms with Crippen LogP contribution in [0.4, 0.5) is 0 Å². The van der Waals surface area contributed by atoms with Crippen LogP contribution >= 0.6 is 24.0 Å². The zero-order valence-electron chi connectivity index (χ0n) is 16.3. The largest absolute Gasteiger partial charge is 0.491 e. The molecule has 1 aromatic carbocycles. The number of nitrogens with one attached hydrogen (secondary N) is 1. The number of hydrogen-bond donors (Lipinski definition) is 1. The summed E-state index contributed by atoms with van der Waals surface area (Å²) >= 11 is 6.25. The van der Waals surface area contributed by atoms with Gasteiger partial charge in [-0.05, 0) is 75.7 Å². The van der Waals surface area contributed by atoms with E-state index in [0.717, 1.165) is 31.2 Å². The minimum Gasteiger partial charge on any atom is -0.491 e. The lowest BCUT2D eigenvalue weighted by Crippen LogP contribution is -2.29. The summed E-state index contributed by atoms with van der Waals surface area (Å²) in [4.78, 5) is 13.6. The molecule has 1 aromatic rings. The van der Waals surface area contributed by atoms with Crippen LogP contribution in [0.1, 0.15) is 49.9 Å². The molecule has 0 aliphatic carbocycles. The molecule has 4 nitrogen and oxygen atoms in total. The summed E-state index contributed by atoms with van der Waals surface area (Å²) in [6.07, 6.45) is 5.00. The van der Waals surface area contributed by atoms with Crippen LogP contribution in [0.3, 0.4) is 0 Å². The van der Waals surface area contributed by atoms with Crippen molar-refractivity contribution in [3.05, 3.63) is 28.8 Å². The van der Waals surface area contributed by atoms with Crippen LogP contribution in [0.2, 0.25) is 5.02 Å². The van der Waals surface area contributed by atoms with E-state index in [0.29, 0.717) is 16.5 Å². The van der Waals surface area contributed by atoms with Crippen molar-refractivity contribution in [3.63, 3.8) is 0 Å². The zero-order chi connectivity index (χ0) is 18.4. The number of carbonyl (C=O) groups excluding carboxylic acids is 1. The summed E-state index contributed by atoms with van der Waals surface area (Å²) in [6, 6.07) is 5.31. The lowest BCUT2D eigenvalue weighted by molar-refractivity contribution is 0.0827. The smallest absolute Gasteiger partial charge is 0.254 e. The molecule has 1 aliphatic heterocycles. The Balaban J connectivity index is 0.00000338. The Kier molecular flexibility index (Phi) is 9.77. The number of nitrogens with zero attached hydrogens (tertiary/aromatic N) is 1. The topological polar surface area (TPSA) is 41.6 Å². The van der Waals surface area contributed by atoms with Crippen molar-refractivity contribution >= 4 is 29.9 Å². The summed E-state index contributed by atoms with van der Waals surface area (Å²) in [5.41, 5.74) is 0.506. The fourth-order valence-corrected chi connectivity index (χ4v) is 3.86. The highest BCUT2D eigenvalue weighted by atomic mass is 35.5. The maximum Gasteiger partial charge on any atom is 0.254 e. The molecule has 1 N–H and O–H groups in total. The molecule has 0 aromatic heterocycles. The van der Waals surface area contributed by atoms with E-state index < -0.39 is 0 Å². The number of hydrogen-bond acceptors (Lipinski definition) is 3. The predicted molar refractivity (Wildman–Crippen MR) is 111 cm³/mol. The molecule has 26 heavy (non-hydrogen) atoms. The van der Waals surface area contributed by atoms with Crippen LogP contribution in [0, 0.1) is 11.8 Å². The molecule has 148 valence electrons. The van der Waals surface area contributed by atoms with Crippen LogP contribution in [0.5, 0.6) is 5.75 Å². The molecule has 0 saturated carbocycles. The van der Waals surface area contributed by atoms with Gasteiger partial charge in [0.1, 0.15) is 5.75 Å². The van der Waals surface area contributed by atoms with Crippen LogP contribution in [0.15, 0.2) is 18.2 Å². The van der Waals surface area contributed by atoms with Gasteiger partial charge in [0, 0.05) is 14.1 Å². The van der Waals surface area contributed by atoms with E-state index in [9.17, 15) is 4.79 Å². The van der Waals surface area contributed by atoms with Gasteiger partial charge in [-0.25, -0.2) is 0 Å². The first-order chi connectivity index (χ1) is 11.9. The normalized spacial score (nSPS) is 17.1. The van der Waals surface area contributed by atoms with E-state index in [2.05, 4.69) is 19.2 Å². The van der Waals surface area contributed by atoms with Crippen molar-refractivity contribution in [3.8, 4) is 5.75 Å². The SMILES string of the molecule is CC(CC1CCNCC1)CC(C)Oc1ccc(C(=O)N(C)C)c(Cl)c1.Cl. The van der Waals surface area contributed by atoms with Gasteiger partial charge in [-0.3, -0.25) is 4.79 Å². The Morgan fingerprint density at radius 2 is 1.96 bits per heavy atom. The molecule has 6 heteroatoms. The lowest BCUT2D eigenvalue weighted by atomic mass is 9.86. The Labute approximate surface area is 169 Å². The van der Waals surface area contributed by atoms with Gasteiger partial charge in [0.15, 0.2) is 0 Å². The number of amides is 1. The average Bonchev–Trinajstić information content (AvgIpc) is 2.55. The number of piperidine rings is 1. The van der Waals surface area contributed by atoms with Crippen molar-refractivity contribution in [2.45, 2.75) is 45.6 Å². The summed E-state index contributed by atoms with van der Waals surface area (Å²) in [7, 11) is 3.43. The van der Waals surface area contributed by atoms with Gasteiger partial charge in [-0.2, -0.15) is 0 Å². The van der Waals surface area contributed by atoms with E-state index in [1.807, 2.05) is 6.07 Å². The second-order valence-electron chi connectivity index (χ2n) is 7.54. The second kappa shape index (κ2) is 11.0. The maximum atomic E-state index is 12.0. The Bertz CT molecular complexity index is 575. The summed E-state index contributed by atoms with van der Waals surface area (Å²) < 4.78 is 6.03. The number of halogens is 2. The fraction of sp³-hybridized carbons (Fsp3) is 0.650. The van der Waals surface area contributed by atoms with Gasteiger partial charge >= 0.3 is 0 Å². The van der Waals surface area contributed by atoms with E-state index in [1.165, 1.54) is 24.2 Å². The number of ether oxygens (including phenoxy) is 1. The first kappa shape index (κ1) is 23.1. The molecule has 2 rings (SSSR count). The third-order valence-corrected chi connectivity index (χ3v) is 5.16. The predicted octanol–water partition coefficient (Wildman–Crippen LogP) is 4.65. The van der Waals surface area contributed by atoms with Gasteiger partial charge in [0.25, 0.3) is 5.91 Å². The molecule has 1 heterocycles. The van der Waals surface area contributed by atoms with Crippen LogP contribution in [-0.4, -0.2) is 44.1 Å². The average molecular weight is 403 g/mol. The quantitative estimate of drug-likeness (QED) is 0.721. The minimum absolute atomic E-state index is 0. The summed E-state index contributed by atoms with van der Waals surface area (Å²) in [5.74, 6) is 2.11. The van der Waals surface area contributed by atoms with Crippen LogP contribution < -0.4 is 10.1 Å². The summed E-state index contributed by atoms with van der Waals surface area (Å²) in [6.45, 7) is 6.72. The molecule has 2 unspecified atom stereocenters. The van der Waals surface area contributed by atoms with Crippen LogP contribution in [0.25, 0.3) is 0 Å². The third kappa shape index (κ3) is 6.98. The number of carbonyl (C=O) groups is 1. The Morgan fingerprint density at radius 3 is 2.54 bits per heavy atom. The Hall–Kier alpha value is -0.970. The van der Waals surface area contributed by atoms with E-state index in [1.54, 1.807) is 26.2 Å². The molecule has 2 atom stereocenters. The zero-order valence-corrected chi connectivity index (χ0v) is 17.8. The molecule has 1 amide bonds. The Morgan fingerprint density at radius 1 is 1.31 bits per heavy atom. The molecular formula is C20H32Cl2N2O2. The number of rotatable bonds is 7. The maximum absolute atomic E-state index is 12.0. The van der Waals surface area contributed by atoms with Gasteiger partial charge in [0.05, 0.1) is 16.7 Å². The van der Waals surface area contributed by atoms with Crippen LogP contribution in [-0.2, 0) is 0 Å². The molecule has 0 spiro atoms. The van der Waals surface area contributed by atoms with E-state index >= 15 is 0 Å². The lowest BCUT2D eigenvalue weighted by Gasteiger charge is -2.27. The van der Waals surface area contributed by atoms with Gasteiger partial charge in [-0.15, -0.1) is 12.4 Å². The van der Waals surface area contributed by atoms with Crippen molar-refractivity contribution in [2.24, 2.45) is 11.8 Å². The second-order valence-corrected chi connectivity index (χ2v) is 7.95. The molecule has 1 fully saturated rings.